The van der Waals surface area contributed by atoms with Gasteiger partial charge in [-0.05, 0) is 38.6 Å². The van der Waals surface area contributed by atoms with Gasteiger partial charge in [-0.1, -0.05) is 29.8 Å². The van der Waals surface area contributed by atoms with Gasteiger partial charge in [0.25, 0.3) is 0 Å². The summed E-state index contributed by atoms with van der Waals surface area (Å²) in [6.45, 7) is 5.64. The molecule has 0 bridgehead atoms. The lowest BCUT2D eigenvalue weighted by molar-refractivity contribution is -0.131. The van der Waals surface area contributed by atoms with E-state index in [1.807, 2.05) is 31.0 Å². The van der Waals surface area contributed by atoms with Gasteiger partial charge < -0.3 is 9.32 Å². The molecule has 2 rings (SSSR count). The van der Waals surface area contributed by atoms with Crippen molar-refractivity contribution in [1.29, 1.82) is 0 Å². The molecule has 0 saturated carbocycles. The maximum atomic E-state index is 12.3. The van der Waals surface area contributed by atoms with E-state index in [0.717, 1.165) is 18.1 Å². The number of likely N-dealkylation sites (N-methyl/N-ethyl adjacent to an activating group) is 2. The molecule has 2 aromatic rings. The Labute approximate surface area is 132 Å². The van der Waals surface area contributed by atoms with Gasteiger partial charge in [-0.15, -0.1) is 0 Å². The van der Waals surface area contributed by atoms with Crippen LogP contribution in [0.5, 0.6) is 0 Å². The molecule has 118 valence electrons. The fourth-order valence-electron chi connectivity index (χ4n) is 2.30. The first-order chi connectivity index (χ1) is 10.4. The Morgan fingerprint density at radius 3 is 2.27 bits per heavy atom. The zero-order valence-electron chi connectivity index (χ0n) is 13.8. The normalized spacial score (nSPS) is 11.0. The van der Waals surface area contributed by atoms with Gasteiger partial charge in [0, 0.05) is 13.6 Å². The van der Waals surface area contributed by atoms with E-state index in [1.165, 1.54) is 11.1 Å². The summed E-state index contributed by atoms with van der Waals surface area (Å²) < 4.78 is 5.51. The van der Waals surface area contributed by atoms with E-state index < -0.39 is 0 Å². The number of carbonyl (C=O) groups excluding carboxylic acids is 1. The Balaban J connectivity index is 1.83. The second-order valence-electron chi connectivity index (χ2n) is 5.92. The minimum Gasteiger partial charge on any atom is -0.464 e. The van der Waals surface area contributed by atoms with Crippen LogP contribution in [0.2, 0.25) is 0 Å². The zero-order chi connectivity index (χ0) is 16.1. The van der Waals surface area contributed by atoms with Crippen molar-refractivity contribution in [3.63, 3.8) is 0 Å². The Morgan fingerprint density at radius 1 is 1.00 bits per heavy atom. The van der Waals surface area contributed by atoms with E-state index in [0.29, 0.717) is 13.1 Å². The Hall–Kier alpha value is -2.07. The molecule has 0 radical (unpaired) electrons. The van der Waals surface area contributed by atoms with E-state index in [2.05, 4.69) is 31.2 Å². The predicted octanol–water partition coefficient (Wildman–Crippen LogP) is 2.99. The van der Waals surface area contributed by atoms with Crippen LogP contribution >= 0.6 is 0 Å². The molecule has 0 aliphatic heterocycles. The summed E-state index contributed by atoms with van der Waals surface area (Å²) in [7, 11) is 3.77. The standard InChI is InChI=1S/C18H24N2O2/c1-14-5-8-16(9-6-14)11-19(3)13-18(21)20(4)12-17-10-7-15(2)22-17/h5-10H,11-13H2,1-4H3. The van der Waals surface area contributed by atoms with Gasteiger partial charge >= 0.3 is 0 Å². The molecule has 4 heteroatoms. The summed E-state index contributed by atoms with van der Waals surface area (Å²) in [6.07, 6.45) is 0. The van der Waals surface area contributed by atoms with Crippen molar-refractivity contribution in [3.8, 4) is 0 Å². The minimum atomic E-state index is 0.0867. The maximum absolute atomic E-state index is 12.3. The van der Waals surface area contributed by atoms with Gasteiger partial charge in [-0.3, -0.25) is 9.69 Å². The predicted molar refractivity (Wildman–Crippen MR) is 87.4 cm³/mol. The summed E-state index contributed by atoms with van der Waals surface area (Å²) in [6, 6.07) is 12.2. The van der Waals surface area contributed by atoms with Crippen molar-refractivity contribution in [3.05, 3.63) is 59.0 Å². The molecule has 0 fully saturated rings. The van der Waals surface area contributed by atoms with Crippen LogP contribution in [0.4, 0.5) is 0 Å². The van der Waals surface area contributed by atoms with Gasteiger partial charge in [0.05, 0.1) is 13.1 Å². The molecule has 1 aromatic carbocycles. The van der Waals surface area contributed by atoms with Crippen LogP contribution < -0.4 is 0 Å². The smallest absolute Gasteiger partial charge is 0.236 e. The number of nitrogens with zero attached hydrogens (tertiary/aromatic N) is 2. The first-order valence-electron chi connectivity index (χ1n) is 7.47. The van der Waals surface area contributed by atoms with Gasteiger partial charge in [-0.2, -0.15) is 0 Å². The maximum Gasteiger partial charge on any atom is 0.236 e. The summed E-state index contributed by atoms with van der Waals surface area (Å²) >= 11 is 0. The van der Waals surface area contributed by atoms with Gasteiger partial charge in [0.15, 0.2) is 0 Å². The van der Waals surface area contributed by atoms with Crippen molar-refractivity contribution in [1.82, 2.24) is 9.80 Å². The molecule has 1 heterocycles. The fraction of sp³-hybridized carbons (Fsp3) is 0.389. The van der Waals surface area contributed by atoms with Crippen molar-refractivity contribution >= 4 is 5.91 Å². The lowest BCUT2D eigenvalue weighted by Gasteiger charge is -2.21. The number of amides is 1. The second kappa shape index (κ2) is 7.27. The molecule has 22 heavy (non-hydrogen) atoms. The highest BCUT2D eigenvalue weighted by Crippen LogP contribution is 2.10. The fourth-order valence-corrected chi connectivity index (χ4v) is 2.30. The first-order valence-corrected chi connectivity index (χ1v) is 7.47. The van der Waals surface area contributed by atoms with Crippen LogP contribution in [0.3, 0.4) is 0 Å². The largest absolute Gasteiger partial charge is 0.464 e. The number of aryl methyl sites for hydroxylation is 2. The highest BCUT2D eigenvalue weighted by atomic mass is 16.3. The van der Waals surface area contributed by atoms with Crippen LogP contribution in [0.1, 0.15) is 22.6 Å². The van der Waals surface area contributed by atoms with E-state index in [9.17, 15) is 4.79 Å². The highest BCUT2D eigenvalue weighted by molar-refractivity contribution is 5.77. The Morgan fingerprint density at radius 2 is 1.68 bits per heavy atom. The van der Waals surface area contributed by atoms with Gasteiger partial charge in [0.1, 0.15) is 11.5 Å². The number of benzene rings is 1. The first kappa shape index (κ1) is 16.3. The van der Waals surface area contributed by atoms with Gasteiger partial charge in [0.2, 0.25) is 5.91 Å². The molecule has 1 amide bonds. The molecule has 0 atom stereocenters. The van der Waals surface area contributed by atoms with Crippen molar-refractivity contribution < 1.29 is 9.21 Å². The molecule has 4 nitrogen and oxygen atoms in total. The van der Waals surface area contributed by atoms with E-state index in [-0.39, 0.29) is 5.91 Å². The Kier molecular flexibility index (Phi) is 5.39. The summed E-state index contributed by atoms with van der Waals surface area (Å²) in [5, 5.41) is 0. The van der Waals surface area contributed by atoms with E-state index in [4.69, 9.17) is 4.42 Å². The minimum absolute atomic E-state index is 0.0867. The van der Waals surface area contributed by atoms with Crippen molar-refractivity contribution in [2.75, 3.05) is 20.6 Å². The molecule has 0 N–H and O–H groups in total. The zero-order valence-corrected chi connectivity index (χ0v) is 13.8. The molecule has 0 saturated heterocycles. The average molecular weight is 300 g/mol. The topological polar surface area (TPSA) is 36.7 Å². The van der Waals surface area contributed by atoms with Crippen LogP contribution in [0, 0.1) is 13.8 Å². The molecule has 0 aliphatic rings. The molecule has 0 unspecified atom stereocenters. The SMILES string of the molecule is Cc1ccc(CN(C)CC(=O)N(C)Cc2ccc(C)o2)cc1. The third kappa shape index (κ3) is 4.74. The average Bonchev–Trinajstić information content (AvgIpc) is 2.86. The molecular formula is C18H24N2O2. The number of hydrogen-bond donors (Lipinski definition) is 0. The van der Waals surface area contributed by atoms with Crippen LogP contribution in [0.25, 0.3) is 0 Å². The summed E-state index contributed by atoms with van der Waals surface area (Å²) in [5.41, 5.74) is 2.46. The summed E-state index contributed by atoms with van der Waals surface area (Å²) in [4.78, 5) is 16.0. The number of carbonyl (C=O) groups is 1. The molecule has 0 aliphatic carbocycles. The number of furan rings is 1. The van der Waals surface area contributed by atoms with E-state index >= 15 is 0 Å². The molecule has 1 aromatic heterocycles. The highest BCUT2D eigenvalue weighted by Gasteiger charge is 2.13. The van der Waals surface area contributed by atoms with Crippen molar-refractivity contribution in [2.45, 2.75) is 26.9 Å². The molecular weight excluding hydrogens is 276 g/mol. The molecule has 0 spiro atoms. The monoisotopic (exact) mass is 300 g/mol. The van der Waals surface area contributed by atoms with E-state index in [1.54, 1.807) is 11.9 Å². The third-order valence-electron chi connectivity index (χ3n) is 3.59. The Bertz CT molecular complexity index is 616. The lowest BCUT2D eigenvalue weighted by Crippen LogP contribution is -2.35. The number of hydrogen-bond acceptors (Lipinski definition) is 3. The summed E-state index contributed by atoms with van der Waals surface area (Å²) in [5.74, 6) is 1.77. The second-order valence-corrected chi connectivity index (χ2v) is 5.92. The quantitative estimate of drug-likeness (QED) is 0.823. The van der Waals surface area contributed by atoms with Gasteiger partial charge in [-0.25, -0.2) is 0 Å². The van der Waals surface area contributed by atoms with Crippen LogP contribution in [-0.2, 0) is 17.9 Å². The number of rotatable bonds is 6. The third-order valence-corrected chi connectivity index (χ3v) is 3.59. The lowest BCUT2D eigenvalue weighted by atomic mass is 10.1. The van der Waals surface area contributed by atoms with Crippen molar-refractivity contribution in [2.24, 2.45) is 0 Å². The van der Waals surface area contributed by atoms with Crippen LogP contribution in [0.15, 0.2) is 40.8 Å². The van der Waals surface area contributed by atoms with Crippen LogP contribution in [-0.4, -0.2) is 36.3 Å².